The summed E-state index contributed by atoms with van der Waals surface area (Å²) in [6, 6.07) is 10.7. The van der Waals surface area contributed by atoms with E-state index in [4.69, 9.17) is 19.2 Å². The normalized spacial score (nSPS) is 11.8. The van der Waals surface area contributed by atoms with Gasteiger partial charge in [0, 0.05) is 0 Å². The molecule has 0 radical (unpaired) electrons. The molecular formula is C10H13O4SiZr. The molecule has 0 aromatic heterocycles. The fraction of sp³-hybridized carbons (Fsp3) is 0.400. The molecule has 0 aliphatic rings. The van der Waals surface area contributed by atoms with E-state index in [0.717, 1.165) is 0 Å². The predicted octanol–water partition coefficient (Wildman–Crippen LogP) is -2.21. The van der Waals surface area contributed by atoms with Gasteiger partial charge < -0.3 is 28.2 Å². The van der Waals surface area contributed by atoms with Crippen molar-refractivity contribution in [3.8, 4) is 0 Å². The number of rotatable bonds is 2. The summed E-state index contributed by atoms with van der Waals surface area (Å²) in [5.74, 6) is 0. The molecule has 0 atom stereocenters. The maximum atomic E-state index is 8.58. The van der Waals surface area contributed by atoms with Crippen LogP contribution in [0.1, 0.15) is 19.4 Å². The number of hydrogen-bond donors (Lipinski definition) is 0. The summed E-state index contributed by atoms with van der Waals surface area (Å²) in [4.78, 5) is 34.3. The topological polar surface area (TPSA) is 92.2 Å². The van der Waals surface area contributed by atoms with Gasteiger partial charge in [0.2, 0.25) is 0 Å². The van der Waals surface area contributed by atoms with E-state index in [-0.39, 0.29) is 0 Å². The van der Waals surface area contributed by atoms with E-state index in [9.17, 15) is 0 Å². The molecule has 0 bridgehead atoms. The maximum Gasteiger partial charge on any atom is -0.426 e. The zero-order valence-electron chi connectivity index (χ0n) is 9.23. The SMILES string of the molecule is CC(C)([CH2][Zr+4])c1ccccc1.[O-][Si]([O-])([O-])[O-]. The second-order valence-electron chi connectivity index (χ2n) is 3.93. The molecule has 0 aliphatic heterocycles. The first-order valence-corrected chi connectivity index (χ1v) is 8.06. The van der Waals surface area contributed by atoms with Gasteiger partial charge in [0.15, 0.2) is 0 Å². The molecular weight excluding hydrogens is 303 g/mol. The van der Waals surface area contributed by atoms with Crippen LogP contribution in [0.5, 0.6) is 0 Å². The Morgan fingerprint density at radius 3 is 1.75 bits per heavy atom. The van der Waals surface area contributed by atoms with Gasteiger partial charge in [-0.1, -0.05) is 0 Å². The Morgan fingerprint density at radius 1 is 1.06 bits per heavy atom. The number of hydrogen-bond acceptors (Lipinski definition) is 4. The fourth-order valence-corrected chi connectivity index (χ4v) is 1.49. The van der Waals surface area contributed by atoms with E-state index in [1.54, 1.807) is 24.7 Å². The quantitative estimate of drug-likeness (QED) is 0.579. The molecule has 1 aromatic carbocycles. The third kappa shape index (κ3) is 8.33. The first-order valence-electron chi connectivity index (χ1n) is 4.68. The smallest absolute Gasteiger partial charge is 0.426 e. The Bertz CT molecular complexity index is 291. The van der Waals surface area contributed by atoms with Gasteiger partial charge in [-0.15, -0.1) is 0 Å². The maximum absolute atomic E-state index is 8.58. The molecule has 4 nitrogen and oxygen atoms in total. The standard InChI is InChI=1S/C10H13.O4Si.Zr/c1-10(2,3)9-7-5-4-6-8-9;1-5(2,3)4;/h4-8H,1H2,2-3H3;;/q;-4;+4. The van der Waals surface area contributed by atoms with Gasteiger partial charge in [-0.05, 0) is 0 Å². The van der Waals surface area contributed by atoms with Crippen molar-refractivity contribution in [3.05, 3.63) is 35.9 Å². The van der Waals surface area contributed by atoms with Crippen molar-refractivity contribution >= 4 is 9.05 Å². The van der Waals surface area contributed by atoms with E-state index in [1.165, 1.54) is 9.69 Å². The van der Waals surface area contributed by atoms with Crippen LogP contribution in [-0.2, 0) is 30.1 Å². The fourth-order valence-electron chi connectivity index (χ4n) is 0.991. The Hall–Kier alpha value is 0.160. The van der Waals surface area contributed by atoms with E-state index < -0.39 is 9.05 Å². The van der Waals surface area contributed by atoms with Gasteiger partial charge in [-0.3, -0.25) is 0 Å². The van der Waals surface area contributed by atoms with Crippen molar-refractivity contribution < 1.29 is 43.9 Å². The van der Waals surface area contributed by atoms with Crippen molar-refractivity contribution in [1.29, 1.82) is 0 Å². The predicted molar refractivity (Wildman–Crippen MR) is 50.0 cm³/mol. The minimum absolute atomic E-state index is 0.375. The molecule has 0 saturated heterocycles. The molecule has 0 unspecified atom stereocenters. The average molecular weight is 317 g/mol. The largest absolute Gasteiger partial charge is 0.894 e. The molecule has 16 heavy (non-hydrogen) atoms. The molecule has 0 heterocycles. The zero-order valence-corrected chi connectivity index (χ0v) is 12.7. The van der Waals surface area contributed by atoms with Crippen LogP contribution in [-0.4, -0.2) is 9.05 Å². The van der Waals surface area contributed by atoms with Gasteiger partial charge in [0.25, 0.3) is 0 Å². The van der Waals surface area contributed by atoms with Crippen molar-refractivity contribution in [2.45, 2.75) is 23.4 Å². The molecule has 0 N–H and O–H groups in total. The van der Waals surface area contributed by atoms with Gasteiger partial charge in [-0.2, -0.15) is 0 Å². The summed E-state index contributed by atoms with van der Waals surface area (Å²) in [6.07, 6.45) is 0. The minimum Gasteiger partial charge on any atom is -0.894 e. The molecule has 0 spiro atoms. The van der Waals surface area contributed by atoms with Gasteiger partial charge in [0.1, 0.15) is 0 Å². The molecule has 1 rings (SSSR count). The first kappa shape index (κ1) is 16.2. The number of benzene rings is 1. The monoisotopic (exact) mass is 315 g/mol. The third-order valence-electron chi connectivity index (χ3n) is 2.00. The first-order chi connectivity index (χ1) is 7.17. The Balaban J connectivity index is 0.000000385. The molecule has 6 heteroatoms. The van der Waals surface area contributed by atoms with Crippen molar-refractivity contribution in [2.75, 3.05) is 0 Å². The Kier molecular flexibility index (Phi) is 6.86. The van der Waals surface area contributed by atoms with E-state index in [2.05, 4.69) is 44.2 Å². The Morgan fingerprint density at radius 2 is 1.44 bits per heavy atom. The molecule has 85 valence electrons. The van der Waals surface area contributed by atoms with Crippen LogP contribution in [0, 0.1) is 0 Å². The Labute approximate surface area is 112 Å². The third-order valence-corrected chi connectivity index (χ3v) is 4.17. The van der Waals surface area contributed by atoms with Gasteiger partial charge >= 0.3 is 84.0 Å². The summed E-state index contributed by atoms with van der Waals surface area (Å²) < 4.78 is 1.28. The molecule has 0 amide bonds. The summed E-state index contributed by atoms with van der Waals surface area (Å²) in [7, 11) is -5.61. The van der Waals surface area contributed by atoms with Crippen molar-refractivity contribution in [3.63, 3.8) is 0 Å². The van der Waals surface area contributed by atoms with Crippen LogP contribution >= 0.6 is 0 Å². The minimum atomic E-state index is -5.61. The second kappa shape index (κ2) is 6.79. The van der Waals surface area contributed by atoms with Crippen molar-refractivity contribution in [1.82, 2.24) is 0 Å². The average Bonchev–Trinajstić information content (AvgIpc) is 2.17. The van der Waals surface area contributed by atoms with Gasteiger partial charge in [-0.25, -0.2) is 0 Å². The van der Waals surface area contributed by atoms with E-state index in [1.807, 2.05) is 0 Å². The molecule has 0 aliphatic carbocycles. The summed E-state index contributed by atoms with van der Waals surface area (Å²) in [5.41, 5.74) is 1.83. The summed E-state index contributed by atoms with van der Waals surface area (Å²) in [5, 5.41) is 0. The molecule has 1 aromatic rings. The van der Waals surface area contributed by atoms with Crippen LogP contribution in [0.25, 0.3) is 0 Å². The van der Waals surface area contributed by atoms with Crippen LogP contribution in [0.3, 0.4) is 0 Å². The summed E-state index contributed by atoms with van der Waals surface area (Å²) in [6.45, 7) is 4.61. The van der Waals surface area contributed by atoms with Crippen LogP contribution in [0.15, 0.2) is 30.3 Å². The van der Waals surface area contributed by atoms with Crippen LogP contribution < -0.4 is 19.2 Å². The van der Waals surface area contributed by atoms with Crippen molar-refractivity contribution in [2.24, 2.45) is 0 Å². The molecule has 0 fully saturated rings. The molecule has 0 saturated carbocycles. The van der Waals surface area contributed by atoms with Crippen LogP contribution in [0.2, 0.25) is 4.13 Å². The van der Waals surface area contributed by atoms with Crippen LogP contribution in [0.4, 0.5) is 0 Å². The van der Waals surface area contributed by atoms with E-state index in [0.29, 0.717) is 5.41 Å². The van der Waals surface area contributed by atoms with Gasteiger partial charge in [0.05, 0.1) is 0 Å². The zero-order chi connectivity index (χ0) is 12.8. The van der Waals surface area contributed by atoms with E-state index >= 15 is 0 Å². The summed E-state index contributed by atoms with van der Waals surface area (Å²) >= 11 is 1.62. The second-order valence-corrected chi connectivity index (χ2v) is 5.80.